The fourth-order valence-corrected chi connectivity index (χ4v) is 2.47. The van der Waals surface area contributed by atoms with Crippen molar-refractivity contribution in [3.63, 3.8) is 0 Å². The molecule has 3 heteroatoms. The standard InChI is InChI=1S/C11H18BrNO/c1-8(13-4)7-11(2,3)10-9(12)5-6-14-10/h5-6,8,13H,7H2,1-4H3. The highest BCUT2D eigenvalue weighted by Gasteiger charge is 2.28. The van der Waals surface area contributed by atoms with Crippen molar-refractivity contribution in [2.24, 2.45) is 0 Å². The van der Waals surface area contributed by atoms with E-state index in [1.165, 1.54) is 0 Å². The summed E-state index contributed by atoms with van der Waals surface area (Å²) in [6, 6.07) is 2.43. The molecule has 2 nitrogen and oxygen atoms in total. The molecule has 0 aliphatic heterocycles. The summed E-state index contributed by atoms with van der Waals surface area (Å²) in [6.45, 7) is 6.58. The van der Waals surface area contributed by atoms with E-state index in [2.05, 4.69) is 42.0 Å². The van der Waals surface area contributed by atoms with Crippen molar-refractivity contribution >= 4 is 15.9 Å². The van der Waals surface area contributed by atoms with E-state index in [1.54, 1.807) is 6.26 Å². The molecule has 1 aromatic heterocycles. The van der Waals surface area contributed by atoms with Gasteiger partial charge in [-0.05, 0) is 42.4 Å². The molecule has 0 fully saturated rings. The van der Waals surface area contributed by atoms with E-state index >= 15 is 0 Å². The first-order chi connectivity index (χ1) is 6.47. The molecule has 0 aliphatic carbocycles. The molecule has 1 unspecified atom stereocenters. The SMILES string of the molecule is CNC(C)CC(C)(C)c1occc1Br. The normalized spacial score (nSPS) is 14.4. The zero-order chi connectivity index (χ0) is 10.8. The molecule has 0 aromatic carbocycles. The van der Waals surface area contributed by atoms with E-state index in [4.69, 9.17) is 4.42 Å². The van der Waals surface area contributed by atoms with E-state index in [9.17, 15) is 0 Å². The summed E-state index contributed by atoms with van der Waals surface area (Å²) >= 11 is 3.50. The average Bonchev–Trinajstić information content (AvgIpc) is 2.51. The number of hydrogen-bond acceptors (Lipinski definition) is 2. The third-order valence-electron chi connectivity index (χ3n) is 2.54. The molecule has 1 rings (SSSR count). The molecule has 0 radical (unpaired) electrons. The second-order valence-electron chi connectivity index (χ2n) is 4.38. The van der Waals surface area contributed by atoms with Gasteiger partial charge < -0.3 is 9.73 Å². The summed E-state index contributed by atoms with van der Waals surface area (Å²) in [7, 11) is 1.98. The summed E-state index contributed by atoms with van der Waals surface area (Å²) in [5.41, 5.74) is 0.0603. The van der Waals surface area contributed by atoms with Gasteiger partial charge in [-0.25, -0.2) is 0 Å². The minimum atomic E-state index is 0.0603. The molecule has 14 heavy (non-hydrogen) atoms. The Hall–Kier alpha value is -0.280. The molecule has 1 aromatic rings. The van der Waals surface area contributed by atoms with Crippen LogP contribution in [0.25, 0.3) is 0 Å². The van der Waals surface area contributed by atoms with Crippen molar-refractivity contribution in [3.05, 3.63) is 22.6 Å². The van der Waals surface area contributed by atoms with Crippen LogP contribution in [-0.4, -0.2) is 13.1 Å². The summed E-state index contributed by atoms with van der Waals surface area (Å²) in [6.07, 6.45) is 2.78. The monoisotopic (exact) mass is 259 g/mol. The lowest BCUT2D eigenvalue weighted by atomic mass is 9.84. The van der Waals surface area contributed by atoms with Crippen LogP contribution in [-0.2, 0) is 5.41 Å². The Morgan fingerprint density at radius 2 is 2.21 bits per heavy atom. The van der Waals surface area contributed by atoms with Crippen LogP contribution in [0.5, 0.6) is 0 Å². The van der Waals surface area contributed by atoms with Gasteiger partial charge in [-0.3, -0.25) is 0 Å². The van der Waals surface area contributed by atoms with Crippen LogP contribution in [0.2, 0.25) is 0 Å². The third-order valence-corrected chi connectivity index (χ3v) is 3.17. The Morgan fingerprint density at radius 3 is 2.64 bits per heavy atom. The van der Waals surface area contributed by atoms with Crippen molar-refractivity contribution < 1.29 is 4.42 Å². The molecule has 0 saturated carbocycles. The van der Waals surface area contributed by atoms with Crippen molar-refractivity contribution in [3.8, 4) is 0 Å². The molecular weight excluding hydrogens is 242 g/mol. The Morgan fingerprint density at radius 1 is 1.57 bits per heavy atom. The van der Waals surface area contributed by atoms with E-state index in [0.717, 1.165) is 16.7 Å². The Bertz CT molecular complexity index is 293. The molecule has 1 atom stereocenters. The minimum absolute atomic E-state index is 0.0603. The molecule has 0 spiro atoms. The van der Waals surface area contributed by atoms with Gasteiger partial charge in [-0.15, -0.1) is 0 Å². The van der Waals surface area contributed by atoms with Crippen LogP contribution in [0.1, 0.15) is 33.0 Å². The van der Waals surface area contributed by atoms with Gasteiger partial charge in [0, 0.05) is 11.5 Å². The zero-order valence-corrected chi connectivity index (χ0v) is 10.8. The summed E-state index contributed by atoms with van der Waals surface area (Å²) in [5.74, 6) is 1.03. The maximum Gasteiger partial charge on any atom is 0.123 e. The predicted octanol–water partition coefficient (Wildman–Crippen LogP) is 3.32. The lowest BCUT2D eigenvalue weighted by Gasteiger charge is -2.26. The zero-order valence-electron chi connectivity index (χ0n) is 9.23. The lowest BCUT2D eigenvalue weighted by molar-refractivity contribution is 0.330. The van der Waals surface area contributed by atoms with E-state index in [-0.39, 0.29) is 5.41 Å². The molecule has 0 saturated heterocycles. The minimum Gasteiger partial charge on any atom is -0.468 e. The van der Waals surface area contributed by atoms with Gasteiger partial charge in [-0.1, -0.05) is 13.8 Å². The summed E-state index contributed by atoms with van der Waals surface area (Å²) in [4.78, 5) is 0. The fraction of sp³-hybridized carbons (Fsp3) is 0.636. The number of furan rings is 1. The third kappa shape index (κ3) is 2.61. The summed E-state index contributed by atoms with van der Waals surface area (Å²) < 4.78 is 6.56. The second-order valence-corrected chi connectivity index (χ2v) is 5.23. The summed E-state index contributed by atoms with van der Waals surface area (Å²) in [5, 5.41) is 3.25. The van der Waals surface area contributed by atoms with Crippen LogP contribution in [0.15, 0.2) is 21.2 Å². The van der Waals surface area contributed by atoms with E-state index < -0.39 is 0 Å². The Kier molecular flexibility index (Phi) is 3.78. The molecule has 1 heterocycles. The highest BCUT2D eigenvalue weighted by molar-refractivity contribution is 9.10. The van der Waals surface area contributed by atoms with Gasteiger partial charge in [-0.2, -0.15) is 0 Å². The van der Waals surface area contributed by atoms with Crippen molar-refractivity contribution in [2.45, 2.75) is 38.6 Å². The molecular formula is C11H18BrNO. The first kappa shape index (κ1) is 11.8. The Balaban J connectivity index is 2.80. The van der Waals surface area contributed by atoms with Crippen LogP contribution in [0.4, 0.5) is 0 Å². The largest absolute Gasteiger partial charge is 0.468 e. The Labute approximate surface area is 94.2 Å². The molecule has 0 aliphatic rings. The van der Waals surface area contributed by atoms with Crippen LogP contribution in [0, 0.1) is 0 Å². The highest BCUT2D eigenvalue weighted by Crippen LogP contribution is 2.34. The molecule has 80 valence electrons. The van der Waals surface area contributed by atoms with Gasteiger partial charge in [0.2, 0.25) is 0 Å². The van der Waals surface area contributed by atoms with Gasteiger partial charge in [0.25, 0.3) is 0 Å². The van der Waals surface area contributed by atoms with E-state index in [1.807, 2.05) is 13.1 Å². The smallest absolute Gasteiger partial charge is 0.123 e. The maximum absolute atomic E-state index is 5.50. The number of nitrogens with one attached hydrogen (secondary N) is 1. The first-order valence-corrected chi connectivity index (χ1v) is 5.67. The second kappa shape index (κ2) is 4.49. The van der Waals surface area contributed by atoms with Gasteiger partial charge in [0.05, 0.1) is 10.7 Å². The number of hydrogen-bond donors (Lipinski definition) is 1. The van der Waals surface area contributed by atoms with Crippen molar-refractivity contribution in [1.29, 1.82) is 0 Å². The van der Waals surface area contributed by atoms with Gasteiger partial charge in [0.1, 0.15) is 5.76 Å². The van der Waals surface area contributed by atoms with Crippen molar-refractivity contribution in [1.82, 2.24) is 5.32 Å². The molecule has 0 bridgehead atoms. The average molecular weight is 260 g/mol. The highest BCUT2D eigenvalue weighted by atomic mass is 79.9. The van der Waals surface area contributed by atoms with Crippen LogP contribution in [0.3, 0.4) is 0 Å². The van der Waals surface area contributed by atoms with E-state index in [0.29, 0.717) is 6.04 Å². The van der Waals surface area contributed by atoms with Gasteiger partial charge in [0.15, 0.2) is 0 Å². The molecule has 1 N–H and O–H groups in total. The topological polar surface area (TPSA) is 25.2 Å². The number of halogens is 1. The van der Waals surface area contributed by atoms with Crippen molar-refractivity contribution in [2.75, 3.05) is 7.05 Å². The lowest BCUT2D eigenvalue weighted by Crippen LogP contribution is -2.30. The first-order valence-electron chi connectivity index (χ1n) is 4.88. The fourth-order valence-electron chi connectivity index (χ4n) is 1.74. The maximum atomic E-state index is 5.50. The number of rotatable bonds is 4. The van der Waals surface area contributed by atoms with Crippen LogP contribution < -0.4 is 5.32 Å². The molecule has 0 amide bonds. The quantitative estimate of drug-likeness (QED) is 0.898. The predicted molar refractivity (Wildman–Crippen MR) is 62.6 cm³/mol. The van der Waals surface area contributed by atoms with Crippen LogP contribution >= 0.6 is 15.9 Å². The van der Waals surface area contributed by atoms with Gasteiger partial charge >= 0.3 is 0 Å².